The highest BCUT2D eigenvalue weighted by Gasteiger charge is 2.25. The average Bonchev–Trinajstić information content (AvgIpc) is 2.64. The Morgan fingerprint density at radius 1 is 1.38 bits per heavy atom. The van der Waals surface area contributed by atoms with E-state index < -0.39 is 0 Å². The van der Waals surface area contributed by atoms with Gasteiger partial charge in [0.1, 0.15) is 0 Å². The normalized spacial score (nSPS) is 19.1. The van der Waals surface area contributed by atoms with Crippen molar-refractivity contribution < 1.29 is 10.2 Å². The van der Waals surface area contributed by atoms with Crippen LogP contribution in [0.5, 0.6) is 11.5 Å². The molecule has 3 heteroatoms. The van der Waals surface area contributed by atoms with Crippen LogP contribution in [0.25, 0.3) is 0 Å². The SMILES string of the molecule is CC(C)NC[C@@H]1CCc2c1ccc(O)c2O. The summed E-state index contributed by atoms with van der Waals surface area (Å²) in [4.78, 5) is 0. The van der Waals surface area contributed by atoms with E-state index in [0.29, 0.717) is 12.0 Å². The topological polar surface area (TPSA) is 52.5 Å². The van der Waals surface area contributed by atoms with Gasteiger partial charge >= 0.3 is 0 Å². The molecule has 1 aromatic rings. The summed E-state index contributed by atoms with van der Waals surface area (Å²) in [6, 6.07) is 4.00. The highest BCUT2D eigenvalue weighted by atomic mass is 16.3. The predicted molar refractivity (Wildman–Crippen MR) is 64.0 cm³/mol. The van der Waals surface area contributed by atoms with Crippen LogP contribution in [0.1, 0.15) is 37.3 Å². The lowest BCUT2D eigenvalue weighted by Crippen LogP contribution is -2.27. The molecule has 0 spiro atoms. The Bertz CT molecular complexity index is 388. The molecule has 16 heavy (non-hydrogen) atoms. The molecule has 1 atom stereocenters. The van der Waals surface area contributed by atoms with Gasteiger partial charge in [-0.3, -0.25) is 0 Å². The molecule has 0 saturated heterocycles. The first-order chi connectivity index (χ1) is 7.59. The van der Waals surface area contributed by atoms with E-state index in [2.05, 4.69) is 19.2 Å². The third-order valence-electron chi connectivity index (χ3n) is 3.25. The number of hydrogen-bond donors (Lipinski definition) is 3. The van der Waals surface area contributed by atoms with Gasteiger partial charge < -0.3 is 15.5 Å². The van der Waals surface area contributed by atoms with Crippen molar-refractivity contribution in [2.45, 2.75) is 38.6 Å². The zero-order valence-corrected chi connectivity index (χ0v) is 9.83. The minimum Gasteiger partial charge on any atom is -0.504 e. The molecule has 0 aliphatic heterocycles. The maximum Gasteiger partial charge on any atom is 0.160 e. The summed E-state index contributed by atoms with van der Waals surface area (Å²) in [5.41, 5.74) is 2.11. The molecule has 0 aromatic heterocycles. The summed E-state index contributed by atoms with van der Waals surface area (Å²) in [6.45, 7) is 5.20. The van der Waals surface area contributed by atoms with E-state index in [9.17, 15) is 10.2 Å². The number of hydrogen-bond acceptors (Lipinski definition) is 3. The maximum atomic E-state index is 9.74. The van der Waals surface area contributed by atoms with Crippen LogP contribution in [0.3, 0.4) is 0 Å². The molecule has 0 bridgehead atoms. The van der Waals surface area contributed by atoms with Crippen molar-refractivity contribution in [3.05, 3.63) is 23.3 Å². The molecular formula is C13H19NO2. The summed E-state index contributed by atoms with van der Waals surface area (Å²) < 4.78 is 0. The number of fused-ring (bicyclic) bond motifs is 1. The predicted octanol–water partition coefficient (Wildman–Crippen LogP) is 2.13. The number of rotatable bonds is 3. The number of aromatic hydroxyl groups is 2. The average molecular weight is 221 g/mol. The highest BCUT2D eigenvalue weighted by Crippen LogP contribution is 2.41. The van der Waals surface area contributed by atoms with Gasteiger partial charge in [0.05, 0.1) is 0 Å². The maximum absolute atomic E-state index is 9.74. The summed E-state index contributed by atoms with van der Waals surface area (Å²) in [7, 11) is 0. The zero-order chi connectivity index (χ0) is 11.7. The second kappa shape index (κ2) is 4.34. The zero-order valence-electron chi connectivity index (χ0n) is 9.83. The number of phenols is 2. The van der Waals surface area contributed by atoms with E-state index in [1.807, 2.05) is 6.07 Å². The van der Waals surface area contributed by atoms with Gasteiger partial charge in [0.2, 0.25) is 0 Å². The molecule has 3 nitrogen and oxygen atoms in total. The van der Waals surface area contributed by atoms with E-state index in [-0.39, 0.29) is 11.5 Å². The largest absolute Gasteiger partial charge is 0.504 e. The van der Waals surface area contributed by atoms with E-state index in [0.717, 1.165) is 24.9 Å². The fourth-order valence-corrected chi connectivity index (χ4v) is 2.35. The van der Waals surface area contributed by atoms with Crippen molar-refractivity contribution in [3.63, 3.8) is 0 Å². The second-order valence-electron chi connectivity index (χ2n) is 4.80. The van der Waals surface area contributed by atoms with Crippen LogP contribution in [0.15, 0.2) is 12.1 Å². The molecule has 0 saturated carbocycles. The van der Waals surface area contributed by atoms with Crippen LogP contribution in [0.4, 0.5) is 0 Å². The van der Waals surface area contributed by atoms with Gasteiger partial charge in [0, 0.05) is 18.2 Å². The minimum atomic E-state index is -0.00350. The number of benzene rings is 1. The summed E-state index contributed by atoms with van der Waals surface area (Å²) in [6.07, 6.45) is 1.91. The van der Waals surface area contributed by atoms with Crippen LogP contribution < -0.4 is 5.32 Å². The Hall–Kier alpha value is -1.22. The van der Waals surface area contributed by atoms with Crippen LogP contribution in [0, 0.1) is 0 Å². The van der Waals surface area contributed by atoms with Crippen LogP contribution in [-0.4, -0.2) is 22.8 Å². The van der Waals surface area contributed by atoms with Crippen molar-refractivity contribution in [2.24, 2.45) is 0 Å². The Kier molecular flexibility index (Phi) is 3.06. The molecule has 2 rings (SSSR count). The van der Waals surface area contributed by atoms with E-state index in [1.54, 1.807) is 6.07 Å². The van der Waals surface area contributed by atoms with E-state index in [1.165, 1.54) is 5.56 Å². The quantitative estimate of drug-likeness (QED) is 0.685. The highest BCUT2D eigenvalue weighted by molar-refractivity contribution is 5.52. The summed E-state index contributed by atoms with van der Waals surface area (Å²) >= 11 is 0. The summed E-state index contributed by atoms with van der Waals surface area (Å²) in [5.74, 6) is 0.532. The number of nitrogens with one attached hydrogen (secondary N) is 1. The monoisotopic (exact) mass is 221 g/mol. The van der Waals surface area contributed by atoms with Crippen molar-refractivity contribution in [2.75, 3.05) is 6.54 Å². The first-order valence-electron chi connectivity index (χ1n) is 5.86. The van der Waals surface area contributed by atoms with Crippen LogP contribution >= 0.6 is 0 Å². The first-order valence-corrected chi connectivity index (χ1v) is 5.86. The molecule has 88 valence electrons. The number of phenolic OH excluding ortho intramolecular Hbond substituents is 2. The van der Waals surface area contributed by atoms with E-state index >= 15 is 0 Å². The Morgan fingerprint density at radius 3 is 2.81 bits per heavy atom. The molecule has 1 aliphatic rings. The lowest BCUT2D eigenvalue weighted by Gasteiger charge is -2.15. The van der Waals surface area contributed by atoms with Gasteiger partial charge in [-0.15, -0.1) is 0 Å². The van der Waals surface area contributed by atoms with Crippen molar-refractivity contribution in [3.8, 4) is 11.5 Å². The first kappa shape index (κ1) is 11.3. The molecule has 1 aromatic carbocycles. The van der Waals surface area contributed by atoms with Gasteiger partial charge in [-0.1, -0.05) is 19.9 Å². The lowest BCUT2D eigenvalue weighted by atomic mass is 10.0. The van der Waals surface area contributed by atoms with Crippen molar-refractivity contribution in [1.82, 2.24) is 5.32 Å². The van der Waals surface area contributed by atoms with E-state index in [4.69, 9.17) is 0 Å². The molecule has 1 aliphatic carbocycles. The van der Waals surface area contributed by atoms with Gasteiger partial charge in [-0.2, -0.15) is 0 Å². The fraction of sp³-hybridized carbons (Fsp3) is 0.538. The molecular weight excluding hydrogens is 202 g/mol. The van der Waals surface area contributed by atoms with Gasteiger partial charge in [0.15, 0.2) is 11.5 Å². The lowest BCUT2D eigenvalue weighted by molar-refractivity contribution is 0.400. The van der Waals surface area contributed by atoms with Gasteiger partial charge in [-0.05, 0) is 30.4 Å². The van der Waals surface area contributed by atoms with Crippen LogP contribution in [0.2, 0.25) is 0 Å². The smallest absolute Gasteiger partial charge is 0.160 e. The van der Waals surface area contributed by atoms with Crippen molar-refractivity contribution in [1.29, 1.82) is 0 Å². The fourth-order valence-electron chi connectivity index (χ4n) is 2.35. The molecule has 0 heterocycles. The molecule has 0 amide bonds. The van der Waals surface area contributed by atoms with Gasteiger partial charge in [0.25, 0.3) is 0 Å². The molecule has 0 radical (unpaired) electrons. The Balaban J connectivity index is 2.17. The molecule has 0 fully saturated rings. The van der Waals surface area contributed by atoms with Crippen LogP contribution in [-0.2, 0) is 6.42 Å². The Labute approximate surface area is 96.1 Å². The third kappa shape index (κ3) is 2.00. The van der Waals surface area contributed by atoms with Gasteiger partial charge in [-0.25, -0.2) is 0 Å². The summed E-state index contributed by atoms with van der Waals surface area (Å²) in [5, 5.41) is 22.6. The second-order valence-corrected chi connectivity index (χ2v) is 4.80. The standard InChI is InChI=1S/C13H19NO2/c1-8(2)14-7-9-3-4-11-10(9)5-6-12(15)13(11)16/h5-6,8-9,14-16H,3-4,7H2,1-2H3/t9-/m0/s1. The van der Waals surface area contributed by atoms with Crippen molar-refractivity contribution >= 4 is 0 Å². The minimum absolute atomic E-state index is 0.00350. The molecule has 0 unspecified atom stereocenters. The third-order valence-corrected chi connectivity index (χ3v) is 3.25. The molecule has 3 N–H and O–H groups in total. The Morgan fingerprint density at radius 2 is 2.12 bits per heavy atom.